The van der Waals surface area contributed by atoms with Crippen molar-refractivity contribution in [3.8, 4) is 0 Å². The second-order valence-electron chi connectivity index (χ2n) is 10.5. The van der Waals surface area contributed by atoms with Crippen LogP contribution in [0.5, 0.6) is 0 Å². The largest absolute Gasteiger partial charge is 0.494 e. The van der Waals surface area contributed by atoms with Gasteiger partial charge in [-0.25, -0.2) is 0 Å². The lowest BCUT2D eigenvalue weighted by Crippen LogP contribution is -2.60. The number of hydrogen-bond donors (Lipinski definition) is 0. The van der Waals surface area contributed by atoms with Gasteiger partial charge in [0.25, 0.3) is 0 Å². The maximum absolute atomic E-state index is 6.37. The van der Waals surface area contributed by atoms with Gasteiger partial charge >= 0.3 is 7.12 Å². The van der Waals surface area contributed by atoms with Crippen molar-refractivity contribution in [1.82, 2.24) is 4.90 Å². The Kier molecular flexibility index (Phi) is 3.94. The zero-order valence-electron chi connectivity index (χ0n) is 17.7. The molecule has 4 aliphatic rings. The fraction of sp³-hybridized carbons (Fsp3) is 0.739. The van der Waals surface area contributed by atoms with Crippen LogP contribution < -0.4 is 5.46 Å². The summed E-state index contributed by atoms with van der Waals surface area (Å²) < 4.78 is 12.7. The van der Waals surface area contributed by atoms with E-state index < -0.39 is 0 Å². The molecule has 0 spiro atoms. The van der Waals surface area contributed by atoms with Gasteiger partial charge in [0.15, 0.2) is 0 Å². The smallest absolute Gasteiger partial charge is 0.399 e. The molecule has 0 amide bonds. The first-order valence-electron chi connectivity index (χ1n) is 10.9. The van der Waals surface area contributed by atoms with E-state index in [1.807, 2.05) is 0 Å². The third-order valence-corrected chi connectivity index (χ3v) is 8.66. The second kappa shape index (κ2) is 5.84. The standard InChI is InChI=1S/C23H34BNO2/c1-21(2)22(3,4)27-24(26-21)17-10-9-16-14-20-18-8-6-7-11-23(18,19(16)15-17)12-13-25(20)5/h9-10,15,18,20H,6-8,11-14H2,1-5H3/t18?,20-,23?/m0/s1. The van der Waals surface area contributed by atoms with Gasteiger partial charge in [0.1, 0.15) is 0 Å². The molecule has 1 aromatic rings. The Morgan fingerprint density at radius 1 is 1.04 bits per heavy atom. The number of likely N-dealkylation sites (N-methyl/N-ethyl adjacent to an activating group) is 1. The summed E-state index contributed by atoms with van der Waals surface area (Å²) in [6, 6.07) is 7.84. The molecule has 4 heteroatoms. The topological polar surface area (TPSA) is 21.7 Å². The Hall–Kier alpha value is -0.835. The second-order valence-corrected chi connectivity index (χ2v) is 10.5. The van der Waals surface area contributed by atoms with E-state index in [0.29, 0.717) is 5.41 Å². The van der Waals surface area contributed by atoms with Crippen LogP contribution in [0, 0.1) is 5.92 Å². The van der Waals surface area contributed by atoms with E-state index >= 15 is 0 Å². The van der Waals surface area contributed by atoms with E-state index in [-0.39, 0.29) is 18.3 Å². The van der Waals surface area contributed by atoms with Gasteiger partial charge < -0.3 is 14.2 Å². The molecule has 3 fully saturated rings. The molecular weight excluding hydrogens is 333 g/mol. The number of rotatable bonds is 1. The molecule has 0 radical (unpaired) electrons. The van der Waals surface area contributed by atoms with Crippen LogP contribution in [-0.4, -0.2) is 42.9 Å². The number of hydrogen-bond acceptors (Lipinski definition) is 3. The number of fused-ring (bicyclic) bond motifs is 1. The quantitative estimate of drug-likeness (QED) is 0.707. The molecule has 2 bridgehead atoms. The molecule has 2 unspecified atom stereocenters. The molecule has 0 aromatic heterocycles. The minimum absolute atomic E-state index is 0.247. The van der Waals surface area contributed by atoms with E-state index in [9.17, 15) is 0 Å². The molecule has 2 heterocycles. The summed E-state index contributed by atoms with van der Waals surface area (Å²) in [5.41, 5.74) is 4.25. The summed E-state index contributed by atoms with van der Waals surface area (Å²) in [5, 5.41) is 0. The van der Waals surface area contributed by atoms with Gasteiger partial charge in [0.2, 0.25) is 0 Å². The Labute approximate surface area is 164 Å². The predicted molar refractivity (Wildman–Crippen MR) is 111 cm³/mol. The summed E-state index contributed by atoms with van der Waals surface area (Å²) in [7, 11) is 2.09. The van der Waals surface area contributed by atoms with Gasteiger partial charge in [-0.1, -0.05) is 31.0 Å². The molecule has 146 valence electrons. The van der Waals surface area contributed by atoms with Crippen LogP contribution in [0.1, 0.15) is 70.9 Å². The fourth-order valence-corrected chi connectivity index (χ4v) is 6.34. The first-order chi connectivity index (χ1) is 12.7. The molecular formula is C23H34BNO2. The summed E-state index contributed by atoms with van der Waals surface area (Å²) in [6.07, 6.45) is 8.07. The lowest BCUT2D eigenvalue weighted by Gasteiger charge is -2.58. The zero-order valence-corrected chi connectivity index (χ0v) is 17.7. The van der Waals surface area contributed by atoms with Crippen molar-refractivity contribution < 1.29 is 9.31 Å². The van der Waals surface area contributed by atoms with Crippen molar-refractivity contribution >= 4 is 12.6 Å². The van der Waals surface area contributed by atoms with E-state index in [1.165, 1.54) is 50.5 Å². The maximum Gasteiger partial charge on any atom is 0.494 e. The fourth-order valence-electron chi connectivity index (χ4n) is 6.34. The third kappa shape index (κ3) is 2.52. The minimum Gasteiger partial charge on any atom is -0.399 e. The molecule has 2 saturated heterocycles. The van der Waals surface area contributed by atoms with Gasteiger partial charge in [-0.2, -0.15) is 0 Å². The van der Waals surface area contributed by atoms with Crippen LogP contribution in [0.3, 0.4) is 0 Å². The van der Waals surface area contributed by atoms with Crippen molar-refractivity contribution in [3.05, 3.63) is 29.3 Å². The van der Waals surface area contributed by atoms with Gasteiger partial charge in [-0.15, -0.1) is 0 Å². The first kappa shape index (κ1) is 18.2. The molecule has 2 aliphatic carbocycles. The molecule has 3 nitrogen and oxygen atoms in total. The Bertz CT molecular complexity index is 745. The van der Waals surface area contributed by atoms with Gasteiger partial charge in [-0.05, 0) is 89.5 Å². The molecule has 27 heavy (non-hydrogen) atoms. The van der Waals surface area contributed by atoms with Crippen LogP contribution in [0.15, 0.2) is 18.2 Å². The van der Waals surface area contributed by atoms with Crippen molar-refractivity contribution in [3.63, 3.8) is 0 Å². The predicted octanol–water partition coefficient (Wildman–Crippen LogP) is 3.67. The normalized spacial score (nSPS) is 37.0. The van der Waals surface area contributed by atoms with Gasteiger partial charge in [-0.3, -0.25) is 0 Å². The van der Waals surface area contributed by atoms with Gasteiger partial charge in [0.05, 0.1) is 11.2 Å². The van der Waals surface area contributed by atoms with Crippen LogP contribution >= 0.6 is 0 Å². The first-order valence-corrected chi connectivity index (χ1v) is 10.9. The molecule has 1 aromatic carbocycles. The Balaban J connectivity index is 1.56. The average Bonchev–Trinajstić information content (AvgIpc) is 2.85. The van der Waals surface area contributed by atoms with Crippen molar-refractivity contribution in [2.75, 3.05) is 13.6 Å². The lowest BCUT2D eigenvalue weighted by atomic mass is 9.52. The zero-order chi connectivity index (χ0) is 19.0. The molecule has 2 aliphatic heterocycles. The average molecular weight is 367 g/mol. The van der Waals surface area contributed by atoms with E-state index in [0.717, 1.165) is 12.0 Å². The highest BCUT2D eigenvalue weighted by atomic mass is 16.7. The summed E-state index contributed by atoms with van der Waals surface area (Å²) in [6.45, 7) is 9.80. The van der Waals surface area contributed by atoms with Crippen LogP contribution in [0.25, 0.3) is 0 Å². The summed E-state index contributed by atoms with van der Waals surface area (Å²) in [5.74, 6) is 0.825. The Morgan fingerprint density at radius 3 is 2.52 bits per heavy atom. The van der Waals surface area contributed by atoms with Crippen molar-refractivity contribution in [2.45, 2.75) is 88.9 Å². The molecule has 5 rings (SSSR count). The minimum atomic E-state index is -0.280. The number of likely N-dealkylation sites (tertiary alicyclic amines) is 1. The van der Waals surface area contributed by atoms with Crippen LogP contribution in [0.4, 0.5) is 0 Å². The highest BCUT2D eigenvalue weighted by Crippen LogP contribution is 2.55. The van der Waals surface area contributed by atoms with Crippen LogP contribution in [0.2, 0.25) is 0 Å². The third-order valence-electron chi connectivity index (χ3n) is 8.66. The molecule has 0 N–H and O–H groups in total. The summed E-state index contributed by atoms with van der Waals surface area (Å²) in [4.78, 5) is 2.64. The van der Waals surface area contributed by atoms with Crippen molar-refractivity contribution in [1.29, 1.82) is 0 Å². The van der Waals surface area contributed by atoms with E-state index in [4.69, 9.17) is 9.31 Å². The molecule has 3 atom stereocenters. The number of benzene rings is 1. The summed E-state index contributed by atoms with van der Waals surface area (Å²) >= 11 is 0. The monoisotopic (exact) mass is 367 g/mol. The maximum atomic E-state index is 6.37. The Morgan fingerprint density at radius 2 is 1.78 bits per heavy atom. The number of piperidine rings is 1. The SMILES string of the molecule is CN1CCC23CCCCC2[C@@H]1Cc1ccc(B2OC(C)(C)C(C)(C)O2)cc13. The van der Waals surface area contributed by atoms with Crippen LogP contribution in [-0.2, 0) is 21.1 Å². The van der Waals surface area contributed by atoms with E-state index in [1.54, 1.807) is 11.1 Å². The highest BCUT2D eigenvalue weighted by molar-refractivity contribution is 6.62. The number of nitrogens with zero attached hydrogens (tertiary/aromatic N) is 1. The van der Waals surface area contributed by atoms with E-state index in [2.05, 4.69) is 57.8 Å². The van der Waals surface area contributed by atoms with Gasteiger partial charge in [0, 0.05) is 11.5 Å². The molecule has 1 saturated carbocycles. The van der Waals surface area contributed by atoms with Crippen molar-refractivity contribution in [2.24, 2.45) is 5.92 Å². The lowest BCUT2D eigenvalue weighted by molar-refractivity contribution is 0.00291. The highest BCUT2D eigenvalue weighted by Gasteiger charge is 2.55.